The SMILES string of the molecule is O=P([O-])([O-])[O-].O=P([O-])([O-])[O-].O=P([O-])([O-])[O-].O=P([O-])([O-])[O-].[Zn+2].[Zn+2].[Zn+2].[Zn+2].[Zn+2].[Zn+2]. The molecule has 128 valence electrons. The van der Waals surface area contributed by atoms with Gasteiger partial charge in [0.25, 0.3) is 0 Å². The molecule has 0 aliphatic heterocycles. The first-order chi connectivity index (χ1) is 8.00. The van der Waals surface area contributed by atoms with Crippen LogP contribution in [0, 0.1) is 0 Å². The average Bonchev–Trinajstić information content (AvgIpc) is 1.62. The van der Waals surface area contributed by atoms with Gasteiger partial charge in [0.15, 0.2) is 0 Å². The van der Waals surface area contributed by atoms with Crippen LogP contribution in [0.1, 0.15) is 0 Å². The Morgan fingerprint density at radius 2 is 0.269 bits per heavy atom. The molecule has 0 heterocycles. The van der Waals surface area contributed by atoms with E-state index in [-0.39, 0.29) is 117 Å². The molecular formula is O16P4Zn6. The second kappa shape index (κ2) is 29.2. The van der Waals surface area contributed by atoms with E-state index < -0.39 is 31.3 Å². The third kappa shape index (κ3) is 1190. The van der Waals surface area contributed by atoms with E-state index >= 15 is 0 Å². The van der Waals surface area contributed by atoms with Crippen molar-refractivity contribution < 1.29 is 194 Å². The molecule has 0 rings (SSSR count). The molecule has 0 saturated heterocycles. The molecule has 0 aromatic carbocycles. The second-order valence-corrected chi connectivity index (χ2v) is 5.37. The number of rotatable bonds is 0. The van der Waals surface area contributed by atoms with Crippen LogP contribution in [0.2, 0.25) is 0 Å². The molecule has 0 aliphatic rings. The number of hydrogen-bond acceptors (Lipinski definition) is 16. The first kappa shape index (κ1) is 63.1. The first-order valence-corrected chi connectivity index (χ1v) is 8.76. The zero-order valence-electron chi connectivity index (χ0n) is 12.6. The molecule has 0 aromatic rings. The minimum absolute atomic E-state index is 0. The molecule has 0 atom stereocenters. The zero-order valence-corrected chi connectivity index (χ0v) is 33.9. The van der Waals surface area contributed by atoms with Gasteiger partial charge in [0.2, 0.25) is 0 Å². The van der Waals surface area contributed by atoms with Crippen molar-refractivity contribution in [3.8, 4) is 0 Å². The van der Waals surface area contributed by atoms with Crippen LogP contribution < -0.4 is 58.7 Å². The molecule has 0 spiro atoms. The van der Waals surface area contributed by atoms with E-state index in [0.717, 1.165) is 0 Å². The van der Waals surface area contributed by atoms with E-state index in [0.29, 0.717) is 0 Å². The van der Waals surface area contributed by atoms with Crippen molar-refractivity contribution in [2.24, 2.45) is 0 Å². The van der Waals surface area contributed by atoms with Gasteiger partial charge < -0.3 is 77.0 Å². The van der Waals surface area contributed by atoms with Gasteiger partial charge in [-0.25, -0.2) is 0 Å². The summed E-state index contributed by atoms with van der Waals surface area (Å²) in [5.41, 5.74) is 0. The molecule has 0 unspecified atom stereocenters. The Hall–Kier alpha value is 4.18. The van der Waals surface area contributed by atoms with E-state index in [1.807, 2.05) is 0 Å². The monoisotopic (exact) mass is 763 g/mol. The molecule has 0 bridgehead atoms. The fourth-order valence-corrected chi connectivity index (χ4v) is 0. The van der Waals surface area contributed by atoms with Gasteiger partial charge in [-0.15, -0.1) is 0 Å². The standard InChI is InChI=1S/4H3O4P.6Zn/c4*1-5(2,3)4;;;;;;/h4*(H3,1,2,3,4);;;;;;/q;;;;6*+2/p-12. The summed E-state index contributed by atoms with van der Waals surface area (Å²) in [6.07, 6.45) is 0. The third-order valence-electron chi connectivity index (χ3n) is 0. The first-order valence-electron chi connectivity index (χ1n) is 2.92. The molecule has 0 amide bonds. The summed E-state index contributed by atoms with van der Waals surface area (Å²) in [6, 6.07) is 0. The summed E-state index contributed by atoms with van der Waals surface area (Å²) in [5.74, 6) is 0. The van der Waals surface area contributed by atoms with Crippen LogP contribution in [-0.2, 0) is 135 Å². The molecule has 26 heteroatoms. The van der Waals surface area contributed by atoms with Gasteiger partial charge in [0, 0.05) is 0 Å². The quantitative estimate of drug-likeness (QED) is 0.163. The van der Waals surface area contributed by atoms with Crippen molar-refractivity contribution in [2.75, 3.05) is 0 Å². The molecule has 0 aromatic heterocycles. The molecular weight excluding hydrogens is 772 g/mol. The van der Waals surface area contributed by atoms with Crippen molar-refractivity contribution >= 4 is 31.3 Å². The predicted octanol–water partition coefficient (Wildman–Crippen LogP) is -11.3. The van der Waals surface area contributed by atoms with E-state index in [9.17, 15) is 0 Å². The Kier molecular flexibility index (Phi) is 70.8. The normalized spacial score (nSPS) is 9.08. The summed E-state index contributed by atoms with van der Waals surface area (Å²) >= 11 is 0. The fraction of sp³-hybridized carbons (Fsp3) is 0. The van der Waals surface area contributed by atoms with Gasteiger partial charge >= 0.3 is 117 Å². The van der Waals surface area contributed by atoms with E-state index in [4.69, 9.17) is 77.0 Å². The van der Waals surface area contributed by atoms with Crippen molar-refractivity contribution in [1.82, 2.24) is 0 Å². The van der Waals surface area contributed by atoms with Crippen LogP contribution in [0.15, 0.2) is 0 Å². The Morgan fingerprint density at radius 1 is 0.269 bits per heavy atom. The van der Waals surface area contributed by atoms with Crippen molar-refractivity contribution in [1.29, 1.82) is 0 Å². The summed E-state index contributed by atoms with van der Waals surface area (Å²) in [6.45, 7) is 0. The molecule has 0 saturated carbocycles. The maximum Gasteiger partial charge on any atom is 2.00 e. The van der Waals surface area contributed by atoms with Gasteiger partial charge in [-0.3, -0.25) is 0 Å². The van der Waals surface area contributed by atoms with Crippen LogP contribution in [0.25, 0.3) is 0 Å². The summed E-state index contributed by atoms with van der Waals surface area (Å²) in [4.78, 5) is 103. The summed E-state index contributed by atoms with van der Waals surface area (Å²) in [5, 5.41) is 0. The third-order valence-corrected chi connectivity index (χ3v) is 0. The van der Waals surface area contributed by atoms with E-state index in [1.165, 1.54) is 0 Å². The van der Waals surface area contributed by atoms with Crippen molar-refractivity contribution in [3.05, 3.63) is 0 Å². The molecule has 0 N–H and O–H groups in total. The van der Waals surface area contributed by atoms with Crippen molar-refractivity contribution in [3.63, 3.8) is 0 Å². The molecule has 16 nitrogen and oxygen atoms in total. The molecule has 0 fully saturated rings. The van der Waals surface area contributed by atoms with Gasteiger partial charge in [-0.2, -0.15) is 31.3 Å². The summed E-state index contributed by atoms with van der Waals surface area (Å²) < 4.78 is 34.2. The molecule has 0 aliphatic carbocycles. The van der Waals surface area contributed by atoms with Crippen LogP contribution >= 0.6 is 31.3 Å². The summed E-state index contributed by atoms with van der Waals surface area (Å²) in [7, 11) is -21.6. The Bertz CT molecular complexity index is 299. The van der Waals surface area contributed by atoms with Crippen LogP contribution in [-0.4, -0.2) is 0 Å². The zero-order chi connectivity index (χ0) is 18.0. The van der Waals surface area contributed by atoms with Crippen LogP contribution in [0.5, 0.6) is 0 Å². The molecule has 26 heavy (non-hydrogen) atoms. The minimum Gasteiger partial charge on any atom is -0.822 e. The van der Waals surface area contributed by atoms with Gasteiger partial charge in [0.1, 0.15) is 0 Å². The largest absolute Gasteiger partial charge is 2.00 e. The van der Waals surface area contributed by atoms with Gasteiger partial charge in [-0.05, 0) is 0 Å². The Morgan fingerprint density at radius 3 is 0.269 bits per heavy atom. The molecule has 0 radical (unpaired) electrons. The average molecular weight is 772 g/mol. The van der Waals surface area contributed by atoms with Crippen LogP contribution in [0.4, 0.5) is 0 Å². The minimum atomic E-state index is -5.39. The maximum atomic E-state index is 8.55. The van der Waals surface area contributed by atoms with E-state index in [1.54, 1.807) is 0 Å². The van der Waals surface area contributed by atoms with Gasteiger partial charge in [0.05, 0.1) is 0 Å². The van der Waals surface area contributed by atoms with Crippen LogP contribution in [0.3, 0.4) is 0 Å². The van der Waals surface area contributed by atoms with Crippen molar-refractivity contribution in [2.45, 2.75) is 0 Å². The smallest absolute Gasteiger partial charge is 0.822 e. The maximum absolute atomic E-state index is 8.55. The number of hydrogen-bond donors (Lipinski definition) is 0. The number of phosphoric acid groups is 4. The second-order valence-electron chi connectivity index (χ2n) is 1.79. The van der Waals surface area contributed by atoms with Gasteiger partial charge in [-0.1, -0.05) is 0 Å². The van der Waals surface area contributed by atoms with E-state index in [2.05, 4.69) is 0 Å². The predicted molar refractivity (Wildman–Crippen MR) is 30.4 cm³/mol. The Balaban J connectivity index is -0.0000000152. The Labute approximate surface area is 222 Å². The topological polar surface area (TPSA) is 345 Å². The fourth-order valence-electron chi connectivity index (χ4n) is 0.